The molecule has 0 fully saturated rings. The second-order valence-corrected chi connectivity index (χ2v) is 6.31. The van der Waals surface area contributed by atoms with Gasteiger partial charge in [-0.3, -0.25) is 10.1 Å². The highest BCUT2D eigenvalue weighted by Gasteiger charge is 2.25. The van der Waals surface area contributed by atoms with Crippen molar-refractivity contribution < 1.29 is 14.4 Å². The third kappa shape index (κ3) is 4.35. The molecule has 0 spiro atoms. The molecule has 2 aromatic carbocycles. The maximum absolute atomic E-state index is 11.7. The minimum atomic E-state index is -0.566. The molecule has 144 valence electrons. The molecule has 1 N–H and O–H groups in total. The molecule has 1 aromatic heterocycles. The van der Waals surface area contributed by atoms with Gasteiger partial charge in [-0.25, -0.2) is 4.98 Å². The first-order chi connectivity index (χ1) is 13.5. The van der Waals surface area contributed by atoms with E-state index in [1.165, 1.54) is 6.33 Å². The number of nitrogens with zero attached hydrogens (tertiary/aromatic N) is 3. The van der Waals surface area contributed by atoms with Crippen LogP contribution in [0.2, 0.25) is 0 Å². The van der Waals surface area contributed by atoms with Gasteiger partial charge in [0.05, 0.1) is 12.0 Å². The maximum atomic E-state index is 11.7. The minimum Gasteiger partial charge on any atom is -0.497 e. The van der Waals surface area contributed by atoms with Crippen LogP contribution in [-0.2, 0) is 0 Å². The van der Waals surface area contributed by atoms with Crippen LogP contribution < -0.4 is 14.8 Å². The Morgan fingerprint density at radius 2 is 1.64 bits per heavy atom. The normalized spacial score (nSPS) is 10.6. The maximum Gasteiger partial charge on any atom is 0.373 e. The van der Waals surface area contributed by atoms with Crippen LogP contribution >= 0.6 is 0 Å². The first kappa shape index (κ1) is 19.1. The fourth-order valence-electron chi connectivity index (χ4n) is 2.54. The van der Waals surface area contributed by atoms with Gasteiger partial charge in [-0.2, -0.15) is 4.98 Å². The van der Waals surface area contributed by atoms with Crippen molar-refractivity contribution in [1.29, 1.82) is 0 Å². The summed E-state index contributed by atoms with van der Waals surface area (Å²) in [5.74, 6) is 1.42. The molecular formula is C20H20N4O4. The zero-order valence-electron chi connectivity index (χ0n) is 15.7. The third-order valence-electron chi connectivity index (χ3n) is 4.09. The lowest BCUT2D eigenvalue weighted by molar-refractivity contribution is -0.385. The van der Waals surface area contributed by atoms with E-state index in [1.807, 2.05) is 12.1 Å². The predicted molar refractivity (Wildman–Crippen MR) is 106 cm³/mol. The van der Waals surface area contributed by atoms with Crippen LogP contribution in [0.25, 0.3) is 0 Å². The average Bonchev–Trinajstić information content (AvgIpc) is 2.69. The Labute approximate surface area is 162 Å². The van der Waals surface area contributed by atoms with Crippen LogP contribution in [0.3, 0.4) is 0 Å². The van der Waals surface area contributed by atoms with E-state index in [9.17, 15) is 10.1 Å². The Kier molecular flexibility index (Phi) is 5.69. The zero-order valence-corrected chi connectivity index (χ0v) is 15.7. The van der Waals surface area contributed by atoms with Crippen molar-refractivity contribution in [3.63, 3.8) is 0 Å². The number of rotatable bonds is 7. The van der Waals surface area contributed by atoms with Gasteiger partial charge >= 0.3 is 11.6 Å². The Bertz CT molecular complexity index is 957. The SMILES string of the molecule is COc1ccc(Nc2ncnc(Oc3ccc(C(C)C)cc3)c2[N+](=O)[O-])cc1. The van der Waals surface area contributed by atoms with Crippen molar-refractivity contribution in [3.8, 4) is 17.4 Å². The third-order valence-corrected chi connectivity index (χ3v) is 4.09. The van der Waals surface area contributed by atoms with Crippen molar-refractivity contribution in [2.45, 2.75) is 19.8 Å². The number of benzene rings is 2. The van der Waals surface area contributed by atoms with Crippen LogP contribution in [0.1, 0.15) is 25.3 Å². The minimum absolute atomic E-state index is 0.0407. The molecule has 8 heteroatoms. The molecule has 0 saturated heterocycles. The Morgan fingerprint density at radius 1 is 1.00 bits per heavy atom. The summed E-state index contributed by atoms with van der Waals surface area (Å²) in [6.45, 7) is 4.17. The van der Waals surface area contributed by atoms with Gasteiger partial charge in [0.2, 0.25) is 5.82 Å². The van der Waals surface area contributed by atoms with Crippen LogP contribution in [-0.4, -0.2) is 22.0 Å². The molecule has 0 amide bonds. The molecular weight excluding hydrogens is 360 g/mol. The van der Waals surface area contributed by atoms with Gasteiger partial charge in [0.25, 0.3) is 0 Å². The van der Waals surface area contributed by atoms with Gasteiger partial charge in [-0.1, -0.05) is 26.0 Å². The molecule has 0 aliphatic heterocycles. The van der Waals surface area contributed by atoms with E-state index in [0.29, 0.717) is 23.1 Å². The highest BCUT2D eigenvalue weighted by atomic mass is 16.6. The number of ether oxygens (including phenoxy) is 2. The summed E-state index contributed by atoms with van der Waals surface area (Å²) in [6, 6.07) is 14.3. The number of hydrogen-bond donors (Lipinski definition) is 1. The summed E-state index contributed by atoms with van der Waals surface area (Å²) < 4.78 is 10.8. The second kappa shape index (κ2) is 8.34. The fourth-order valence-corrected chi connectivity index (χ4v) is 2.54. The molecule has 1 heterocycles. The first-order valence-electron chi connectivity index (χ1n) is 8.66. The Morgan fingerprint density at radius 3 is 2.21 bits per heavy atom. The average molecular weight is 380 g/mol. The summed E-state index contributed by atoms with van der Waals surface area (Å²) in [5, 5.41) is 14.6. The monoisotopic (exact) mass is 380 g/mol. The quantitative estimate of drug-likeness (QED) is 0.452. The van der Waals surface area contributed by atoms with Crippen LogP contribution in [0.5, 0.6) is 17.4 Å². The van der Waals surface area contributed by atoms with Gasteiger partial charge in [-0.15, -0.1) is 0 Å². The molecule has 0 unspecified atom stereocenters. The van der Waals surface area contributed by atoms with E-state index in [4.69, 9.17) is 9.47 Å². The van der Waals surface area contributed by atoms with Gasteiger partial charge in [0.1, 0.15) is 17.8 Å². The lowest BCUT2D eigenvalue weighted by Gasteiger charge is -2.10. The molecule has 0 aliphatic rings. The Hall–Kier alpha value is -3.68. The molecule has 0 saturated carbocycles. The molecule has 0 atom stereocenters. The number of nitro groups is 1. The van der Waals surface area contributed by atoms with E-state index >= 15 is 0 Å². The molecule has 3 aromatic rings. The summed E-state index contributed by atoms with van der Waals surface area (Å²) in [7, 11) is 1.56. The van der Waals surface area contributed by atoms with E-state index in [2.05, 4.69) is 29.1 Å². The van der Waals surface area contributed by atoms with Gasteiger partial charge < -0.3 is 14.8 Å². The van der Waals surface area contributed by atoms with Crippen LogP contribution in [0.4, 0.5) is 17.2 Å². The molecule has 0 radical (unpaired) electrons. The van der Waals surface area contributed by atoms with Crippen molar-refractivity contribution in [2.75, 3.05) is 12.4 Å². The van der Waals surface area contributed by atoms with Crippen molar-refractivity contribution in [1.82, 2.24) is 9.97 Å². The first-order valence-corrected chi connectivity index (χ1v) is 8.66. The number of anilines is 2. The van der Waals surface area contributed by atoms with E-state index in [0.717, 1.165) is 5.56 Å². The lowest BCUT2D eigenvalue weighted by Crippen LogP contribution is -2.03. The van der Waals surface area contributed by atoms with Crippen molar-refractivity contribution in [2.24, 2.45) is 0 Å². The van der Waals surface area contributed by atoms with Gasteiger partial charge in [-0.05, 0) is 47.9 Å². The number of hydrogen-bond acceptors (Lipinski definition) is 7. The Balaban J connectivity index is 1.89. The van der Waals surface area contributed by atoms with E-state index in [-0.39, 0.29) is 17.4 Å². The molecule has 28 heavy (non-hydrogen) atoms. The van der Waals surface area contributed by atoms with Gasteiger partial charge in [0.15, 0.2) is 0 Å². The fraction of sp³-hybridized carbons (Fsp3) is 0.200. The highest BCUT2D eigenvalue weighted by Crippen LogP contribution is 2.35. The topological polar surface area (TPSA) is 99.4 Å². The molecule has 3 rings (SSSR count). The zero-order chi connectivity index (χ0) is 20.1. The molecule has 0 aliphatic carbocycles. The van der Waals surface area contributed by atoms with E-state index in [1.54, 1.807) is 43.5 Å². The smallest absolute Gasteiger partial charge is 0.373 e. The predicted octanol–water partition coefficient (Wildman–Crippen LogP) is 5.05. The second-order valence-electron chi connectivity index (χ2n) is 6.31. The number of aromatic nitrogens is 2. The summed E-state index contributed by atoms with van der Waals surface area (Å²) >= 11 is 0. The van der Waals surface area contributed by atoms with Crippen molar-refractivity contribution >= 4 is 17.2 Å². The van der Waals surface area contributed by atoms with Gasteiger partial charge in [0, 0.05) is 5.69 Å². The standard InChI is InChI=1S/C20H20N4O4/c1-13(2)14-4-8-17(9-5-14)28-20-18(24(25)26)19(21-12-22-20)23-15-6-10-16(27-3)11-7-15/h4-13H,1-3H3,(H,21,22,23). The van der Waals surface area contributed by atoms with Crippen molar-refractivity contribution in [3.05, 3.63) is 70.5 Å². The summed E-state index contributed by atoms with van der Waals surface area (Å²) in [6.07, 6.45) is 1.22. The molecule has 0 bridgehead atoms. The number of methoxy groups -OCH3 is 1. The van der Waals surface area contributed by atoms with Crippen LogP contribution in [0.15, 0.2) is 54.9 Å². The van der Waals surface area contributed by atoms with Crippen LogP contribution in [0, 0.1) is 10.1 Å². The summed E-state index contributed by atoms with van der Waals surface area (Å²) in [5.41, 5.74) is 1.42. The lowest BCUT2D eigenvalue weighted by atomic mass is 10.0. The summed E-state index contributed by atoms with van der Waals surface area (Å²) in [4.78, 5) is 19.0. The number of nitrogens with one attached hydrogen (secondary N) is 1. The highest BCUT2D eigenvalue weighted by molar-refractivity contribution is 5.69. The largest absolute Gasteiger partial charge is 0.497 e. The molecule has 8 nitrogen and oxygen atoms in total. The van der Waals surface area contributed by atoms with E-state index < -0.39 is 4.92 Å².